The maximum atomic E-state index is 11.1. The first-order valence-electron chi connectivity index (χ1n) is 14.9. The van der Waals surface area contributed by atoms with E-state index >= 15 is 0 Å². The summed E-state index contributed by atoms with van der Waals surface area (Å²) in [5.74, 6) is -3.08. The zero-order valence-corrected chi connectivity index (χ0v) is 23.6. The first kappa shape index (κ1) is 35.1. The van der Waals surface area contributed by atoms with Gasteiger partial charge in [-0.25, -0.2) is 0 Å². The van der Waals surface area contributed by atoms with Crippen LogP contribution in [0.4, 0.5) is 0 Å². The molecular weight excluding hydrogens is 470 g/mol. The van der Waals surface area contributed by atoms with Crippen molar-refractivity contribution in [1.82, 2.24) is 0 Å². The Morgan fingerprint density at radius 3 is 1.35 bits per heavy atom. The molecule has 0 saturated carbocycles. The second-order valence-corrected chi connectivity index (χ2v) is 10.6. The molecule has 0 spiro atoms. The van der Waals surface area contributed by atoms with Crippen LogP contribution in [-0.2, 0) is 14.4 Å². The molecule has 0 bridgehead atoms. The molecule has 37 heavy (non-hydrogen) atoms. The standard InChI is InChI=1S/C30H55NO6/c1-2-3-4-5-6-7-8-9-10-11-12-13-14-15-16-17-18-19-20-24-31(25-21-28(32)33,26-22-29(34)35)27-23-30(36)37/h10-11H,2-9,12-27H2,1H3,(H2-,32,33,34,35,36,37)/b11-10+. The van der Waals surface area contributed by atoms with Gasteiger partial charge in [0.25, 0.3) is 0 Å². The smallest absolute Gasteiger partial charge is 0.309 e. The lowest BCUT2D eigenvalue weighted by Crippen LogP contribution is -2.53. The first-order valence-corrected chi connectivity index (χ1v) is 14.9. The summed E-state index contributed by atoms with van der Waals surface area (Å²) in [6, 6.07) is 0. The first-order chi connectivity index (χ1) is 17.8. The second kappa shape index (κ2) is 24.4. The molecule has 0 aromatic heterocycles. The fourth-order valence-corrected chi connectivity index (χ4v) is 4.89. The highest BCUT2D eigenvalue weighted by Gasteiger charge is 2.28. The average molecular weight is 526 g/mol. The minimum absolute atomic E-state index is 0.0962. The van der Waals surface area contributed by atoms with Crippen LogP contribution in [0.15, 0.2) is 12.2 Å². The van der Waals surface area contributed by atoms with Crippen molar-refractivity contribution in [3.63, 3.8) is 0 Å². The van der Waals surface area contributed by atoms with Crippen LogP contribution < -0.4 is 5.11 Å². The minimum atomic E-state index is -1.18. The van der Waals surface area contributed by atoms with Gasteiger partial charge in [-0.05, 0) is 38.5 Å². The number of carbonyl (C=O) groups is 3. The van der Waals surface area contributed by atoms with Gasteiger partial charge in [-0.15, -0.1) is 0 Å². The number of hydrogen-bond acceptors (Lipinski definition) is 4. The summed E-state index contributed by atoms with van der Waals surface area (Å²) >= 11 is 0. The number of quaternary nitrogens is 1. The number of carbonyl (C=O) groups excluding carboxylic acids is 1. The molecule has 0 amide bonds. The highest BCUT2D eigenvalue weighted by Crippen LogP contribution is 2.17. The molecule has 0 aliphatic heterocycles. The Balaban J connectivity index is 3.97. The van der Waals surface area contributed by atoms with Gasteiger partial charge < -0.3 is 24.6 Å². The Morgan fingerprint density at radius 2 is 0.946 bits per heavy atom. The van der Waals surface area contributed by atoms with E-state index in [-0.39, 0.29) is 43.4 Å². The number of nitrogens with zero attached hydrogens (tertiary/aromatic N) is 1. The Kier molecular flexibility index (Phi) is 23.2. The Hall–Kier alpha value is -1.89. The van der Waals surface area contributed by atoms with Crippen molar-refractivity contribution >= 4 is 17.9 Å². The van der Waals surface area contributed by atoms with Crippen molar-refractivity contribution in [2.24, 2.45) is 0 Å². The van der Waals surface area contributed by atoms with Gasteiger partial charge in [-0.1, -0.05) is 89.7 Å². The number of carboxylic acid groups (broad SMARTS) is 3. The highest BCUT2D eigenvalue weighted by molar-refractivity contribution is 5.67. The van der Waals surface area contributed by atoms with E-state index in [1.54, 1.807) is 0 Å². The topological polar surface area (TPSA) is 115 Å². The maximum Gasteiger partial charge on any atom is 0.309 e. The van der Waals surface area contributed by atoms with Crippen molar-refractivity contribution in [1.29, 1.82) is 0 Å². The summed E-state index contributed by atoms with van der Waals surface area (Å²) in [5, 5.41) is 29.2. The summed E-state index contributed by atoms with van der Waals surface area (Å²) in [7, 11) is 0. The van der Waals surface area contributed by atoms with E-state index in [0.29, 0.717) is 6.54 Å². The van der Waals surface area contributed by atoms with Gasteiger partial charge >= 0.3 is 11.9 Å². The van der Waals surface area contributed by atoms with Gasteiger partial charge in [0.15, 0.2) is 0 Å². The molecule has 0 heterocycles. The fraction of sp³-hybridized carbons (Fsp3) is 0.833. The Bertz CT molecular complexity index is 574. The molecule has 0 fully saturated rings. The number of rotatable bonds is 28. The Labute approximate surface area is 225 Å². The van der Waals surface area contributed by atoms with Crippen LogP contribution in [0, 0.1) is 0 Å². The van der Waals surface area contributed by atoms with E-state index in [0.717, 1.165) is 25.7 Å². The van der Waals surface area contributed by atoms with Crippen LogP contribution in [0.25, 0.3) is 0 Å². The number of aliphatic carboxylic acids is 3. The molecule has 216 valence electrons. The minimum Gasteiger partial charge on any atom is -0.550 e. The molecule has 7 nitrogen and oxygen atoms in total. The Morgan fingerprint density at radius 1 is 0.568 bits per heavy atom. The zero-order valence-electron chi connectivity index (χ0n) is 23.6. The molecule has 0 unspecified atom stereocenters. The molecule has 0 aliphatic carbocycles. The SMILES string of the molecule is CCCCCCCCC/C=C/CCCCCCCCCC[N+](CCC(=O)[O-])(CCC(=O)O)CCC(=O)O. The summed E-state index contributed by atoms with van der Waals surface area (Å²) in [6.45, 7) is 3.59. The van der Waals surface area contributed by atoms with Crippen LogP contribution in [0.5, 0.6) is 0 Å². The summed E-state index contributed by atoms with van der Waals surface area (Å²) in [5.41, 5.74) is 0. The van der Waals surface area contributed by atoms with Crippen LogP contribution >= 0.6 is 0 Å². The lowest BCUT2D eigenvalue weighted by Gasteiger charge is -2.38. The van der Waals surface area contributed by atoms with Gasteiger partial charge in [0.2, 0.25) is 0 Å². The molecule has 0 atom stereocenters. The molecule has 7 heteroatoms. The lowest BCUT2D eigenvalue weighted by atomic mass is 10.1. The molecule has 0 radical (unpaired) electrons. The maximum absolute atomic E-state index is 11.1. The molecule has 0 rings (SSSR count). The van der Waals surface area contributed by atoms with Crippen molar-refractivity contribution in [2.75, 3.05) is 26.2 Å². The molecule has 0 aliphatic rings. The highest BCUT2D eigenvalue weighted by atomic mass is 16.4. The normalized spacial score (nSPS) is 11.8. The van der Waals surface area contributed by atoms with E-state index in [4.69, 9.17) is 10.2 Å². The molecule has 0 aromatic carbocycles. The third kappa shape index (κ3) is 24.2. The third-order valence-electron chi connectivity index (χ3n) is 7.28. The zero-order chi connectivity index (χ0) is 27.6. The van der Waals surface area contributed by atoms with E-state index in [2.05, 4.69) is 19.1 Å². The molecule has 2 N–H and O–H groups in total. The van der Waals surface area contributed by atoms with E-state index in [9.17, 15) is 19.5 Å². The summed E-state index contributed by atoms with van der Waals surface area (Å²) < 4.78 is 0.221. The van der Waals surface area contributed by atoms with Gasteiger partial charge in [0, 0.05) is 12.4 Å². The summed E-state index contributed by atoms with van der Waals surface area (Å²) in [4.78, 5) is 33.2. The number of carboxylic acids is 3. The molecular formula is C30H55NO6. The van der Waals surface area contributed by atoms with Crippen molar-refractivity contribution in [2.45, 2.75) is 135 Å². The molecule has 0 aromatic rings. The predicted molar refractivity (Wildman–Crippen MR) is 147 cm³/mol. The fourth-order valence-electron chi connectivity index (χ4n) is 4.89. The summed E-state index contributed by atoms with van der Waals surface area (Å²) in [6.07, 6.45) is 25.3. The number of allylic oxidation sites excluding steroid dienone is 2. The van der Waals surface area contributed by atoms with Crippen LogP contribution in [0.1, 0.15) is 135 Å². The van der Waals surface area contributed by atoms with Crippen molar-refractivity contribution in [3.8, 4) is 0 Å². The van der Waals surface area contributed by atoms with Gasteiger partial charge in [0.05, 0.1) is 39.0 Å². The van der Waals surface area contributed by atoms with E-state index in [1.165, 1.54) is 83.5 Å². The predicted octanol–water partition coefficient (Wildman–Crippen LogP) is 6.10. The number of unbranched alkanes of at least 4 members (excludes halogenated alkanes) is 15. The monoisotopic (exact) mass is 525 g/mol. The van der Waals surface area contributed by atoms with Crippen LogP contribution in [0.2, 0.25) is 0 Å². The number of hydrogen-bond donors (Lipinski definition) is 2. The van der Waals surface area contributed by atoms with Crippen molar-refractivity contribution < 1.29 is 34.2 Å². The van der Waals surface area contributed by atoms with Crippen molar-refractivity contribution in [3.05, 3.63) is 12.2 Å². The van der Waals surface area contributed by atoms with Crippen LogP contribution in [0.3, 0.4) is 0 Å². The molecule has 0 saturated heterocycles. The van der Waals surface area contributed by atoms with E-state index < -0.39 is 17.9 Å². The largest absolute Gasteiger partial charge is 0.550 e. The van der Waals surface area contributed by atoms with Gasteiger partial charge in [-0.3, -0.25) is 9.59 Å². The third-order valence-corrected chi connectivity index (χ3v) is 7.28. The second-order valence-electron chi connectivity index (χ2n) is 10.6. The quantitative estimate of drug-likeness (QED) is 0.0724. The lowest BCUT2D eigenvalue weighted by molar-refractivity contribution is -0.927. The van der Waals surface area contributed by atoms with Gasteiger partial charge in [-0.2, -0.15) is 0 Å². The van der Waals surface area contributed by atoms with E-state index in [1.807, 2.05) is 0 Å². The average Bonchev–Trinajstić information content (AvgIpc) is 2.85. The van der Waals surface area contributed by atoms with Gasteiger partial charge in [0.1, 0.15) is 0 Å². The van der Waals surface area contributed by atoms with Crippen LogP contribution in [-0.4, -0.2) is 58.8 Å².